The standard InChI is InChI=1S/C21H34N2O5/c1-5-6-12-26-14-15-27-13-11-22-19(24)18-9-7-17(8-10-18)16-23-20(25)28-21(2,3)4/h7-10H,5-6,11-16H2,1-4H3,(H,22,24)(H,23,25). The van der Waals surface area contributed by atoms with Crippen LogP contribution < -0.4 is 10.6 Å². The Labute approximate surface area is 168 Å². The van der Waals surface area contributed by atoms with Gasteiger partial charge in [-0.2, -0.15) is 0 Å². The highest BCUT2D eigenvalue weighted by Crippen LogP contribution is 2.08. The molecule has 2 N–H and O–H groups in total. The van der Waals surface area contributed by atoms with Crippen molar-refractivity contribution in [3.63, 3.8) is 0 Å². The minimum absolute atomic E-state index is 0.158. The fraction of sp³-hybridized carbons (Fsp3) is 0.619. The Morgan fingerprint density at radius 1 is 0.929 bits per heavy atom. The second-order valence-electron chi connectivity index (χ2n) is 7.39. The van der Waals surface area contributed by atoms with Gasteiger partial charge < -0.3 is 24.8 Å². The number of nitrogens with one attached hydrogen (secondary N) is 2. The van der Waals surface area contributed by atoms with Gasteiger partial charge in [-0.05, 0) is 44.9 Å². The predicted molar refractivity (Wildman–Crippen MR) is 108 cm³/mol. The molecule has 2 amide bonds. The maximum atomic E-state index is 12.1. The topological polar surface area (TPSA) is 85.9 Å². The summed E-state index contributed by atoms with van der Waals surface area (Å²) >= 11 is 0. The molecule has 1 rings (SSSR count). The van der Waals surface area contributed by atoms with E-state index in [2.05, 4.69) is 17.6 Å². The van der Waals surface area contributed by atoms with Crippen LogP contribution in [0.2, 0.25) is 0 Å². The summed E-state index contributed by atoms with van der Waals surface area (Å²) in [5, 5.41) is 5.50. The van der Waals surface area contributed by atoms with Crippen LogP contribution in [0, 0.1) is 0 Å². The van der Waals surface area contributed by atoms with E-state index < -0.39 is 11.7 Å². The molecule has 7 nitrogen and oxygen atoms in total. The number of hydrogen-bond donors (Lipinski definition) is 2. The Bertz CT molecular complexity index is 581. The molecule has 0 fully saturated rings. The highest BCUT2D eigenvalue weighted by Gasteiger charge is 2.15. The van der Waals surface area contributed by atoms with E-state index in [1.165, 1.54) is 0 Å². The lowest BCUT2D eigenvalue weighted by molar-refractivity contribution is 0.0472. The second kappa shape index (κ2) is 13.1. The quantitative estimate of drug-likeness (QED) is 0.532. The van der Waals surface area contributed by atoms with E-state index >= 15 is 0 Å². The van der Waals surface area contributed by atoms with Crippen LogP contribution in [0.1, 0.15) is 56.5 Å². The normalized spacial score (nSPS) is 11.1. The summed E-state index contributed by atoms with van der Waals surface area (Å²) in [5.41, 5.74) is 0.912. The third-order valence-electron chi connectivity index (χ3n) is 3.60. The number of alkyl carbamates (subject to hydrolysis) is 1. The first-order chi connectivity index (χ1) is 13.3. The summed E-state index contributed by atoms with van der Waals surface area (Å²) in [6, 6.07) is 7.06. The van der Waals surface area contributed by atoms with E-state index in [4.69, 9.17) is 14.2 Å². The van der Waals surface area contributed by atoms with Gasteiger partial charge in [0.25, 0.3) is 5.91 Å². The molecule has 0 heterocycles. The van der Waals surface area contributed by atoms with Crippen molar-refractivity contribution in [1.29, 1.82) is 0 Å². The molecule has 0 saturated carbocycles. The van der Waals surface area contributed by atoms with E-state index in [1.54, 1.807) is 24.3 Å². The molecule has 1 aromatic rings. The lowest BCUT2D eigenvalue weighted by Gasteiger charge is -2.19. The van der Waals surface area contributed by atoms with Crippen molar-refractivity contribution in [2.75, 3.05) is 33.0 Å². The van der Waals surface area contributed by atoms with Gasteiger partial charge in [0.2, 0.25) is 0 Å². The molecule has 28 heavy (non-hydrogen) atoms. The monoisotopic (exact) mass is 394 g/mol. The molecule has 0 aliphatic heterocycles. The third-order valence-corrected chi connectivity index (χ3v) is 3.60. The molecule has 7 heteroatoms. The molecular formula is C21H34N2O5. The van der Waals surface area contributed by atoms with Crippen LogP contribution >= 0.6 is 0 Å². The van der Waals surface area contributed by atoms with Crippen LogP contribution in [0.3, 0.4) is 0 Å². The molecule has 0 aliphatic carbocycles. The van der Waals surface area contributed by atoms with Gasteiger partial charge in [0.15, 0.2) is 0 Å². The van der Waals surface area contributed by atoms with Gasteiger partial charge in [0.1, 0.15) is 5.60 Å². The third kappa shape index (κ3) is 11.6. The SMILES string of the molecule is CCCCOCCOCCNC(=O)c1ccc(CNC(=O)OC(C)(C)C)cc1. The van der Waals surface area contributed by atoms with Crippen LogP contribution in [-0.2, 0) is 20.8 Å². The Kier molecular flexibility index (Phi) is 11.2. The van der Waals surface area contributed by atoms with Crippen molar-refractivity contribution in [2.45, 2.75) is 52.7 Å². The number of carbonyl (C=O) groups is 2. The van der Waals surface area contributed by atoms with E-state index in [-0.39, 0.29) is 5.91 Å². The molecule has 0 atom stereocenters. The van der Waals surface area contributed by atoms with Crippen molar-refractivity contribution in [1.82, 2.24) is 10.6 Å². The fourth-order valence-corrected chi connectivity index (χ4v) is 2.17. The minimum atomic E-state index is -0.530. The second-order valence-corrected chi connectivity index (χ2v) is 7.39. The highest BCUT2D eigenvalue weighted by atomic mass is 16.6. The van der Waals surface area contributed by atoms with Gasteiger partial charge >= 0.3 is 6.09 Å². The van der Waals surface area contributed by atoms with Gasteiger partial charge in [0, 0.05) is 25.3 Å². The molecule has 0 radical (unpaired) electrons. The number of hydrogen-bond acceptors (Lipinski definition) is 5. The summed E-state index contributed by atoms with van der Waals surface area (Å²) in [6.07, 6.45) is 1.71. The zero-order valence-electron chi connectivity index (χ0n) is 17.5. The van der Waals surface area contributed by atoms with Gasteiger partial charge in [-0.25, -0.2) is 4.79 Å². The Morgan fingerprint density at radius 2 is 1.57 bits per heavy atom. The molecular weight excluding hydrogens is 360 g/mol. The van der Waals surface area contributed by atoms with Crippen LogP contribution in [-0.4, -0.2) is 50.6 Å². The fourth-order valence-electron chi connectivity index (χ4n) is 2.17. The van der Waals surface area contributed by atoms with Crippen molar-refractivity contribution in [3.05, 3.63) is 35.4 Å². The average molecular weight is 395 g/mol. The number of ether oxygens (including phenoxy) is 3. The van der Waals surface area contributed by atoms with Crippen LogP contribution in [0.4, 0.5) is 4.79 Å². The predicted octanol–water partition coefficient (Wildman–Crippen LogP) is 3.27. The van der Waals surface area contributed by atoms with Gasteiger partial charge in [-0.3, -0.25) is 4.79 Å². The van der Waals surface area contributed by atoms with Gasteiger partial charge in [-0.15, -0.1) is 0 Å². The van der Waals surface area contributed by atoms with Gasteiger partial charge in [0.05, 0.1) is 19.8 Å². The first-order valence-corrected chi connectivity index (χ1v) is 9.81. The first-order valence-electron chi connectivity index (χ1n) is 9.81. The number of benzene rings is 1. The largest absolute Gasteiger partial charge is 0.444 e. The van der Waals surface area contributed by atoms with E-state index in [0.717, 1.165) is 25.0 Å². The summed E-state index contributed by atoms with van der Waals surface area (Å²) in [5.74, 6) is -0.158. The van der Waals surface area contributed by atoms with Crippen LogP contribution in [0.15, 0.2) is 24.3 Å². The zero-order chi connectivity index (χ0) is 20.8. The first kappa shape index (κ1) is 23.9. The lowest BCUT2D eigenvalue weighted by atomic mass is 10.1. The number of carbonyl (C=O) groups excluding carboxylic acids is 2. The molecule has 0 unspecified atom stereocenters. The molecule has 158 valence electrons. The average Bonchev–Trinajstić information content (AvgIpc) is 2.64. The molecule has 0 aromatic heterocycles. The van der Waals surface area contributed by atoms with E-state index in [9.17, 15) is 9.59 Å². The van der Waals surface area contributed by atoms with E-state index in [1.807, 2.05) is 20.8 Å². The highest BCUT2D eigenvalue weighted by molar-refractivity contribution is 5.94. The van der Waals surface area contributed by atoms with E-state index in [0.29, 0.717) is 38.5 Å². The maximum absolute atomic E-state index is 12.1. The molecule has 0 saturated heterocycles. The Hall–Kier alpha value is -2.12. The lowest BCUT2D eigenvalue weighted by Crippen LogP contribution is -2.32. The van der Waals surface area contributed by atoms with Crippen molar-refractivity contribution >= 4 is 12.0 Å². The summed E-state index contributed by atoms with van der Waals surface area (Å²) in [6.45, 7) is 10.6. The Balaban J connectivity index is 2.20. The van der Waals surface area contributed by atoms with Crippen molar-refractivity contribution in [2.24, 2.45) is 0 Å². The number of rotatable bonds is 12. The minimum Gasteiger partial charge on any atom is -0.444 e. The molecule has 1 aromatic carbocycles. The van der Waals surface area contributed by atoms with Crippen LogP contribution in [0.25, 0.3) is 0 Å². The Morgan fingerprint density at radius 3 is 2.18 bits per heavy atom. The molecule has 0 aliphatic rings. The number of unbranched alkanes of at least 4 members (excludes halogenated alkanes) is 1. The number of amides is 2. The summed E-state index contributed by atoms with van der Waals surface area (Å²) in [4.78, 5) is 23.8. The zero-order valence-corrected chi connectivity index (χ0v) is 17.5. The molecule has 0 bridgehead atoms. The summed E-state index contributed by atoms with van der Waals surface area (Å²) < 4.78 is 16.0. The molecule has 0 spiro atoms. The van der Waals surface area contributed by atoms with Crippen molar-refractivity contribution < 1.29 is 23.8 Å². The van der Waals surface area contributed by atoms with Crippen LogP contribution in [0.5, 0.6) is 0 Å². The smallest absolute Gasteiger partial charge is 0.407 e. The maximum Gasteiger partial charge on any atom is 0.407 e. The summed E-state index contributed by atoms with van der Waals surface area (Å²) in [7, 11) is 0. The van der Waals surface area contributed by atoms with Crippen molar-refractivity contribution in [3.8, 4) is 0 Å². The van der Waals surface area contributed by atoms with Gasteiger partial charge in [-0.1, -0.05) is 25.5 Å².